The van der Waals surface area contributed by atoms with Gasteiger partial charge in [-0.3, -0.25) is 0 Å². The molecule has 0 aliphatic heterocycles. The second-order valence-corrected chi connectivity index (χ2v) is 4.77. The molecule has 5 nitrogen and oxygen atoms in total. The van der Waals surface area contributed by atoms with E-state index in [2.05, 4.69) is 4.98 Å². The van der Waals surface area contributed by atoms with Gasteiger partial charge in [0.1, 0.15) is 16.5 Å². The lowest BCUT2D eigenvalue weighted by Gasteiger charge is -2.10. The quantitative estimate of drug-likeness (QED) is 0.691. The molecule has 22 heavy (non-hydrogen) atoms. The highest BCUT2D eigenvalue weighted by molar-refractivity contribution is 7.71. The number of hydrogen-bond acceptors (Lipinski definition) is 5. The van der Waals surface area contributed by atoms with Crippen LogP contribution in [0.4, 0.5) is 0 Å². The molecule has 0 saturated carbocycles. The van der Waals surface area contributed by atoms with Crippen LogP contribution in [0.2, 0.25) is 0 Å². The van der Waals surface area contributed by atoms with Crippen LogP contribution < -0.4 is 4.74 Å². The van der Waals surface area contributed by atoms with Gasteiger partial charge in [0.25, 0.3) is 0 Å². The third kappa shape index (κ3) is 3.15. The van der Waals surface area contributed by atoms with E-state index in [0.717, 1.165) is 5.56 Å². The van der Waals surface area contributed by atoms with E-state index in [1.807, 2.05) is 6.07 Å². The number of H-pyrrole nitrogens is 1. The molecule has 0 unspecified atom stereocenters. The number of hydrogen-bond donors (Lipinski definition) is 1. The number of nitrogens with zero attached hydrogens (tertiary/aromatic N) is 1. The van der Waals surface area contributed by atoms with Gasteiger partial charge in [0.05, 0.1) is 30.5 Å². The largest absolute Gasteiger partial charge is 0.497 e. The van der Waals surface area contributed by atoms with E-state index in [9.17, 15) is 4.79 Å². The van der Waals surface area contributed by atoms with Crippen LogP contribution in [0.1, 0.15) is 22.8 Å². The second kappa shape index (κ2) is 6.87. The first-order chi connectivity index (χ1) is 10.6. The number of rotatable bonds is 4. The molecule has 1 heterocycles. The Bertz CT molecular complexity index is 789. The topological polar surface area (TPSA) is 75.1 Å². The lowest BCUT2D eigenvalue weighted by atomic mass is 10.0. The van der Waals surface area contributed by atoms with E-state index >= 15 is 0 Å². The average molecular weight is 314 g/mol. The molecule has 1 aromatic carbocycles. The summed E-state index contributed by atoms with van der Waals surface area (Å²) in [5, 5.41) is 9.08. The summed E-state index contributed by atoms with van der Waals surface area (Å²) in [6.07, 6.45) is 0. The molecule has 0 amide bonds. The maximum atomic E-state index is 12.1. The summed E-state index contributed by atoms with van der Waals surface area (Å²) in [4.78, 5) is 15.1. The van der Waals surface area contributed by atoms with Crippen molar-refractivity contribution in [1.82, 2.24) is 4.98 Å². The minimum absolute atomic E-state index is 0.232. The number of benzene rings is 1. The zero-order chi connectivity index (χ0) is 16.1. The van der Waals surface area contributed by atoms with Crippen LogP contribution in [-0.2, 0) is 4.74 Å². The molecule has 2 rings (SSSR count). The Balaban J connectivity index is 2.62. The summed E-state index contributed by atoms with van der Waals surface area (Å²) < 4.78 is 10.4. The molecule has 1 aromatic heterocycles. The van der Waals surface area contributed by atoms with E-state index < -0.39 is 5.97 Å². The van der Waals surface area contributed by atoms with Crippen LogP contribution in [0.3, 0.4) is 0 Å². The number of nitrogens with one attached hydrogen (secondary N) is 1. The van der Waals surface area contributed by atoms with Crippen LogP contribution in [0.15, 0.2) is 30.3 Å². The molecular formula is C16H14N2O3S. The summed E-state index contributed by atoms with van der Waals surface area (Å²) in [5.74, 6) is 0.199. The fourth-order valence-electron chi connectivity index (χ4n) is 1.97. The molecule has 2 aromatic rings. The van der Waals surface area contributed by atoms with Crippen molar-refractivity contribution in [3.8, 4) is 23.1 Å². The molecule has 1 N–H and O–H groups in total. The van der Waals surface area contributed by atoms with E-state index in [0.29, 0.717) is 11.4 Å². The minimum atomic E-state index is -0.504. The number of pyridine rings is 1. The summed E-state index contributed by atoms with van der Waals surface area (Å²) >= 11 is 5.14. The van der Waals surface area contributed by atoms with Crippen molar-refractivity contribution in [3.05, 3.63) is 46.1 Å². The Morgan fingerprint density at radius 2 is 2.05 bits per heavy atom. The highest BCUT2D eigenvalue weighted by Crippen LogP contribution is 2.25. The van der Waals surface area contributed by atoms with Crippen molar-refractivity contribution in [3.63, 3.8) is 0 Å². The van der Waals surface area contributed by atoms with Crippen LogP contribution in [-0.4, -0.2) is 24.7 Å². The van der Waals surface area contributed by atoms with Crippen molar-refractivity contribution < 1.29 is 14.3 Å². The molecule has 0 aliphatic rings. The molecule has 0 fully saturated rings. The Labute approximate surface area is 133 Å². The first-order valence-corrected chi connectivity index (χ1v) is 7.00. The first kappa shape index (κ1) is 15.7. The third-order valence-electron chi connectivity index (χ3n) is 3.04. The van der Waals surface area contributed by atoms with Gasteiger partial charge < -0.3 is 14.5 Å². The fraction of sp³-hybridized carbons (Fsp3) is 0.188. The molecule has 0 spiro atoms. The Hall–Kier alpha value is -2.65. The molecular weight excluding hydrogens is 300 g/mol. The van der Waals surface area contributed by atoms with Gasteiger partial charge in [0.15, 0.2) is 0 Å². The molecule has 0 aliphatic carbocycles. The van der Waals surface area contributed by atoms with Crippen LogP contribution in [0, 0.1) is 16.0 Å². The zero-order valence-corrected chi connectivity index (χ0v) is 13.0. The molecule has 0 saturated heterocycles. The molecule has 0 atom stereocenters. The Kier molecular flexibility index (Phi) is 4.92. The van der Waals surface area contributed by atoms with E-state index in [-0.39, 0.29) is 22.4 Å². The number of aromatic amines is 1. The van der Waals surface area contributed by atoms with Crippen molar-refractivity contribution in [2.75, 3.05) is 13.7 Å². The molecule has 0 radical (unpaired) electrons. The summed E-state index contributed by atoms with van der Waals surface area (Å²) in [6, 6.07) is 10.6. The maximum Gasteiger partial charge on any atom is 0.340 e. The van der Waals surface area contributed by atoms with Crippen LogP contribution >= 0.6 is 12.2 Å². The van der Waals surface area contributed by atoms with Gasteiger partial charge in [0.2, 0.25) is 0 Å². The van der Waals surface area contributed by atoms with Crippen molar-refractivity contribution >= 4 is 18.2 Å². The number of methoxy groups -OCH3 is 1. The number of carbonyl (C=O) groups excluding carboxylic acids is 1. The average Bonchev–Trinajstić information content (AvgIpc) is 2.55. The minimum Gasteiger partial charge on any atom is -0.497 e. The summed E-state index contributed by atoms with van der Waals surface area (Å²) in [5.41, 5.74) is 1.78. The smallest absolute Gasteiger partial charge is 0.340 e. The van der Waals surface area contributed by atoms with Gasteiger partial charge in [-0.1, -0.05) is 12.2 Å². The van der Waals surface area contributed by atoms with Crippen molar-refractivity contribution in [2.45, 2.75) is 6.92 Å². The van der Waals surface area contributed by atoms with Crippen molar-refractivity contribution in [2.24, 2.45) is 0 Å². The highest BCUT2D eigenvalue weighted by atomic mass is 32.1. The predicted molar refractivity (Wildman–Crippen MR) is 84.3 cm³/mol. The normalized spacial score (nSPS) is 9.86. The predicted octanol–water partition coefficient (Wildman–Crippen LogP) is 3.47. The number of nitriles is 1. The third-order valence-corrected chi connectivity index (χ3v) is 3.36. The first-order valence-electron chi connectivity index (χ1n) is 6.59. The Morgan fingerprint density at radius 3 is 2.59 bits per heavy atom. The summed E-state index contributed by atoms with van der Waals surface area (Å²) in [6.45, 7) is 1.97. The lowest BCUT2D eigenvalue weighted by Crippen LogP contribution is -2.08. The summed E-state index contributed by atoms with van der Waals surface area (Å²) in [7, 11) is 1.58. The number of carbonyl (C=O) groups is 1. The number of ether oxygens (including phenoxy) is 2. The maximum absolute atomic E-state index is 12.1. The van der Waals surface area contributed by atoms with Gasteiger partial charge in [-0.05, 0) is 42.8 Å². The van der Waals surface area contributed by atoms with E-state index in [4.69, 9.17) is 27.0 Å². The van der Waals surface area contributed by atoms with Gasteiger partial charge in [-0.2, -0.15) is 5.26 Å². The Morgan fingerprint density at radius 1 is 1.36 bits per heavy atom. The molecule has 0 bridgehead atoms. The number of esters is 1. The molecule has 112 valence electrons. The van der Waals surface area contributed by atoms with Gasteiger partial charge in [-0.25, -0.2) is 4.79 Å². The van der Waals surface area contributed by atoms with Crippen LogP contribution in [0.25, 0.3) is 11.3 Å². The SMILES string of the molecule is CCOC(=O)c1cc(C#N)c(=S)[nH]c1-c1ccc(OC)cc1. The van der Waals surface area contributed by atoms with Gasteiger partial charge >= 0.3 is 5.97 Å². The van der Waals surface area contributed by atoms with E-state index in [1.165, 1.54) is 6.07 Å². The highest BCUT2D eigenvalue weighted by Gasteiger charge is 2.16. The number of aromatic nitrogens is 1. The van der Waals surface area contributed by atoms with Crippen molar-refractivity contribution in [1.29, 1.82) is 5.26 Å². The van der Waals surface area contributed by atoms with Crippen LogP contribution in [0.5, 0.6) is 5.75 Å². The standard InChI is InChI=1S/C16H14N2O3S/c1-3-21-16(19)13-8-11(9-17)15(22)18-14(13)10-4-6-12(20-2)7-5-10/h4-8H,3H2,1-2H3,(H,18,22). The second-order valence-electron chi connectivity index (χ2n) is 4.36. The van der Waals surface area contributed by atoms with Gasteiger partial charge in [0, 0.05) is 0 Å². The van der Waals surface area contributed by atoms with Gasteiger partial charge in [-0.15, -0.1) is 0 Å². The fourth-order valence-corrected chi connectivity index (χ4v) is 2.18. The monoisotopic (exact) mass is 314 g/mol. The zero-order valence-electron chi connectivity index (χ0n) is 12.2. The van der Waals surface area contributed by atoms with E-state index in [1.54, 1.807) is 38.3 Å². The lowest BCUT2D eigenvalue weighted by molar-refractivity contribution is 0.0527. The molecule has 6 heteroatoms.